The lowest BCUT2D eigenvalue weighted by atomic mass is 10.1. The Labute approximate surface area is 201 Å². The summed E-state index contributed by atoms with van der Waals surface area (Å²) >= 11 is 0. The fraction of sp³-hybridized carbons (Fsp3) is 0.739. The van der Waals surface area contributed by atoms with Crippen LogP contribution in [0.2, 0.25) is 0 Å². The molecule has 1 rings (SSSR count). The van der Waals surface area contributed by atoms with Gasteiger partial charge in [-0.3, -0.25) is 10.1 Å². The number of hydrogen-bond acceptors (Lipinski definition) is 4. The molecule has 0 saturated carbocycles. The van der Waals surface area contributed by atoms with Crippen LogP contribution in [0.5, 0.6) is 5.75 Å². The molecule has 0 aliphatic rings. The van der Waals surface area contributed by atoms with Crippen molar-refractivity contribution in [3.63, 3.8) is 0 Å². The van der Waals surface area contributed by atoms with Gasteiger partial charge in [-0.1, -0.05) is 59.4 Å². The van der Waals surface area contributed by atoms with Crippen LogP contribution in [0.1, 0.15) is 79.1 Å². The van der Waals surface area contributed by atoms with Crippen molar-refractivity contribution in [3.8, 4) is 5.75 Å². The highest BCUT2D eigenvalue weighted by Crippen LogP contribution is 2.30. The average molecular weight is 538 g/mol. The minimum Gasteiger partial charge on any atom is -1.00 e. The van der Waals surface area contributed by atoms with Crippen molar-refractivity contribution in [2.75, 3.05) is 39.0 Å². The Balaban J connectivity index is 0. The molecule has 0 aliphatic carbocycles. The summed E-state index contributed by atoms with van der Waals surface area (Å²) in [4.78, 5) is 9.82. The third-order valence-corrected chi connectivity index (χ3v) is 5.40. The van der Waals surface area contributed by atoms with Crippen molar-refractivity contribution in [2.45, 2.75) is 79.1 Å². The summed E-state index contributed by atoms with van der Waals surface area (Å²) in [6, 6.07) is 4.42. The van der Waals surface area contributed by atoms with E-state index in [1.165, 1.54) is 101 Å². The molecule has 0 aliphatic heterocycles. The van der Waals surface area contributed by atoms with Crippen molar-refractivity contribution in [1.82, 2.24) is 0 Å². The Morgan fingerprint density at radius 1 is 0.900 bits per heavy atom. The SMILES string of the molecule is CCCC[N+](CCCC)(CCCC)CCCC.COc1cccc([N+](=O)[O-])c1N.[I-]. The van der Waals surface area contributed by atoms with Crippen LogP contribution in [0.25, 0.3) is 0 Å². The minimum absolute atomic E-state index is 0. The fourth-order valence-electron chi connectivity index (χ4n) is 3.51. The van der Waals surface area contributed by atoms with Gasteiger partial charge in [0.2, 0.25) is 0 Å². The number of ether oxygens (including phenoxy) is 1. The first-order chi connectivity index (χ1) is 13.9. The third-order valence-electron chi connectivity index (χ3n) is 5.40. The van der Waals surface area contributed by atoms with Gasteiger partial charge >= 0.3 is 0 Å². The fourth-order valence-corrected chi connectivity index (χ4v) is 3.51. The van der Waals surface area contributed by atoms with E-state index < -0.39 is 4.92 Å². The molecule has 176 valence electrons. The molecule has 0 amide bonds. The molecule has 0 unspecified atom stereocenters. The molecule has 0 heterocycles. The van der Waals surface area contributed by atoms with Gasteiger partial charge < -0.3 is 38.9 Å². The largest absolute Gasteiger partial charge is 1.00 e. The standard InChI is InChI=1S/C16H36N.C7H8N2O3.HI/c1-5-9-13-17(14-10-6-2,15-11-7-3)16-12-8-4;1-12-6-4-2-3-5(7(6)8)9(10)11;/h5-16H2,1-4H3;2-4H,8H2,1H3;1H/q+1;;/p-1. The number of halogens is 1. The lowest BCUT2D eigenvalue weighted by Crippen LogP contribution is -3.00. The molecule has 0 radical (unpaired) electrons. The molecule has 6 nitrogen and oxygen atoms in total. The van der Waals surface area contributed by atoms with Crippen molar-refractivity contribution in [1.29, 1.82) is 0 Å². The summed E-state index contributed by atoms with van der Waals surface area (Å²) in [5.41, 5.74) is 5.36. The summed E-state index contributed by atoms with van der Waals surface area (Å²) in [7, 11) is 1.41. The monoisotopic (exact) mass is 537 g/mol. The normalized spacial score (nSPS) is 10.6. The second-order valence-electron chi connectivity index (χ2n) is 7.80. The number of hydrogen-bond donors (Lipinski definition) is 1. The number of nitrogens with two attached hydrogens (primary N) is 1. The molecular weight excluding hydrogens is 493 g/mol. The van der Waals surface area contributed by atoms with Crippen molar-refractivity contribution in [3.05, 3.63) is 28.3 Å². The third kappa shape index (κ3) is 11.9. The van der Waals surface area contributed by atoms with Crippen molar-refractivity contribution < 1.29 is 38.1 Å². The summed E-state index contributed by atoms with van der Waals surface area (Å²) in [5, 5.41) is 10.4. The quantitative estimate of drug-likeness (QED) is 0.130. The predicted molar refractivity (Wildman–Crippen MR) is 123 cm³/mol. The zero-order valence-electron chi connectivity index (χ0n) is 19.8. The Morgan fingerprint density at radius 3 is 1.60 bits per heavy atom. The van der Waals surface area contributed by atoms with Gasteiger partial charge in [0.1, 0.15) is 5.75 Å². The van der Waals surface area contributed by atoms with Gasteiger partial charge in [-0.2, -0.15) is 0 Å². The Hall–Kier alpha value is -1.09. The predicted octanol–water partition coefficient (Wildman–Crippen LogP) is 3.19. The molecule has 0 atom stereocenters. The van der Waals surface area contributed by atoms with Crippen LogP contribution in [0, 0.1) is 10.1 Å². The van der Waals surface area contributed by atoms with E-state index in [1.54, 1.807) is 6.07 Å². The summed E-state index contributed by atoms with van der Waals surface area (Å²) < 4.78 is 6.23. The number of benzene rings is 1. The topological polar surface area (TPSA) is 78.4 Å². The maximum atomic E-state index is 10.4. The van der Waals surface area contributed by atoms with E-state index in [2.05, 4.69) is 27.7 Å². The number of rotatable bonds is 14. The number of anilines is 1. The van der Waals surface area contributed by atoms with Crippen LogP contribution in [-0.4, -0.2) is 42.7 Å². The van der Waals surface area contributed by atoms with E-state index in [9.17, 15) is 10.1 Å². The maximum absolute atomic E-state index is 10.4. The number of nitrogens with zero attached hydrogens (tertiary/aromatic N) is 2. The van der Waals surface area contributed by atoms with Gasteiger partial charge in [-0.05, 0) is 31.7 Å². The van der Waals surface area contributed by atoms with Crippen molar-refractivity contribution >= 4 is 11.4 Å². The number of quaternary nitrogens is 1. The summed E-state index contributed by atoms with van der Waals surface area (Å²) in [5.74, 6) is 0.323. The van der Waals surface area contributed by atoms with E-state index in [0.29, 0.717) is 5.75 Å². The lowest BCUT2D eigenvalue weighted by Gasteiger charge is -2.39. The molecule has 30 heavy (non-hydrogen) atoms. The number of unbranched alkanes of at least 4 members (excludes halogenated alkanes) is 4. The zero-order chi connectivity index (χ0) is 22.1. The Morgan fingerprint density at radius 2 is 1.30 bits per heavy atom. The molecular formula is C23H44IN3O3. The first-order valence-electron chi connectivity index (χ1n) is 11.3. The van der Waals surface area contributed by atoms with Crippen LogP contribution in [-0.2, 0) is 0 Å². The van der Waals surface area contributed by atoms with Crippen LogP contribution >= 0.6 is 0 Å². The van der Waals surface area contributed by atoms with E-state index in [1.807, 2.05) is 0 Å². The molecule has 0 aromatic heterocycles. The molecule has 7 heteroatoms. The second-order valence-corrected chi connectivity index (χ2v) is 7.80. The van der Waals surface area contributed by atoms with Gasteiger partial charge in [-0.25, -0.2) is 0 Å². The Bertz CT molecular complexity index is 533. The van der Waals surface area contributed by atoms with Gasteiger partial charge in [0.15, 0.2) is 5.69 Å². The number of para-hydroxylation sites is 1. The van der Waals surface area contributed by atoms with Crippen LogP contribution in [0.4, 0.5) is 11.4 Å². The van der Waals surface area contributed by atoms with Gasteiger partial charge in [0, 0.05) is 6.07 Å². The van der Waals surface area contributed by atoms with E-state index >= 15 is 0 Å². The van der Waals surface area contributed by atoms with Crippen LogP contribution in [0.15, 0.2) is 18.2 Å². The molecule has 0 spiro atoms. The van der Waals surface area contributed by atoms with E-state index in [0.717, 1.165) is 0 Å². The first-order valence-corrected chi connectivity index (χ1v) is 11.3. The number of nitro groups is 1. The highest BCUT2D eigenvalue weighted by atomic mass is 127. The summed E-state index contributed by atoms with van der Waals surface area (Å²) in [6.45, 7) is 15.0. The van der Waals surface area contributed by atoms with E-state index in [4.69, 9.17) is 10.5 Å². The van der Waals surface area contributed by atoms with E-state index in [-0.39, 0.29) is 35.4 Å². The van der Waals surface area contributed by atoms with Crippen molar-refractivity contribution in [2.24, 2.45) is 0 Å². The van der Waals surface area contributed by atoms with Gasteiger partial charge in [0.25, 0.3) is 5.69 Å². The van der Waals surface area contributed by atoms with Gasteiger partial charge in [0.05, 0.1) is 38.2 Å². The number of methoxy groups -OCH3 is 1. The van der Waals surface area contributed by atoms with Crippen LogP contribution < -0.4 is 34.4 Å². The van der Waals surface area contributed by atoms with Gasteiger partial charge in [-0.15, -0.1) is 0 Å². The molecule has 0 saturated heterocycles. The molecule has 0 fully saturated rings. The minimum atomic E-state index is -0.544. The molecule has 1 aromatic carbocycles. The molecule has 1 aromatic rings. The Kier molecular flexibility index (Phi) is 19.3. The number of nitro benzene ring substituents is 1. The highest BCUT2D eigenvalue weighted by Gasteiger charge is 2.24. The zero-order valence-corrected chi connectivity index (χ0v) is 21.9. The van der Waals surface area contributed by atoms with Crippen LogP contribution in [0.3, 0.4) is 0 Å². The first kappa shape index (κ1) is 31.1. The molecule has 0 bridgehead atoms. The highest BCUT2D eigenvalue weighted by molar-refractivity contribution is 5.66. The lowest BCUT2D eigenvalue weighted by molar-refractivity contribution is -0.929. The average Bonchev–Trinajstić information content (AvgIpc) is 2.73. The number of nitrogen functional groups attached to an aromatic ring is 1. The summed E-state index contributed by atoms with van der Waals surface area (Å²) in [6.07, 6.45) is 11.1. The maximum Gasteiger partial charge on any atom is 0.295 e. The second kappa shape index (κ2) is 18.7. The smallest absolute Gasteiger partial charge is 0.295 e. The molecule has 2 N–H and O–H groups in total.